The molecule has 0 aromatic heterocycles. The normalized spacial score (nSPS) is 14.8. The number of benzene rings is 2. The maximum Gasteiger partial charge on any atom is 0.189 e. The van der Waals surface area contributed by atoms with Gasteiger partial charge in [-0.25, -0.2) is 0 Å². The Hall–Kier alpha value is -2.95. The van der Waals surface area contributed by atoms with Crippen LogP contribution in [0.15, 0.2) is 35.9 Å². The van der Waals surface area contributed by atoms with E-state index < -0.39 is 0 Å². The van der Waals surface area contributed by atoms with Crippen molar-refractivity contribution in [1.82, 2.24) is 0 Å². The van der Waals surface area contributed by atoms with E-state index in [0.29, 0.717) is 35.0 Å². The average Bonchev–Trinajstić information content (AvgIpc) is 2.69. The van der Waals surface area contributed by atoms with Crippen LogP contribution in [-0.2, 0) is 6.42 Å². The Bertz CT molecular complexity index is 867. The van der Waals surface area contributed by atoms with Crippen molar-refractivity contribution in [2.75, 3.05) is 28.4 Å². The molecule has 0 fully saturated rings. The van der Waals surface area contributed by atoms with Crippen molar-refractivity contribution in [1.29, 1.82) is 0 Å². The second-order valence-electron chi connectivity index (χ2n) is 5.97. The molecule has 0 atom stereocenters. The van der Waals surface area contributed by atoms with Crippen LogP contribution < -0.4 is 18.9 Å². The van der Waals surface area contributed by atoms with Crippen LogP contribution in [0.5, 0.6) is 23.0 Å². The average molecular weight is 354 g/mol. The summed E-state index contributed by atoms with van der Waals surface area (Å²) in [5.41, 5.74) is 3.23. The second-order valence-corrected chi connectivity index (χ2v) is 5.97. The third-order valence-corrected chi connectivity index (χ3v) is 4.58. The molecule has 3 rings (SSSR count). The Morgan fingerprint density at radius 2 is 1.50 bits per heavy atom. The Morgan fingerprint density at radius 1 is 0.808 bits per heavy atom. The van der Waals surface area contributed by atoms with E-state index in [9.17, 15) is 4.79 Å². The molecule has 2 aromatic carbocycles. The minimum atomic E-state index is 0.00470. The van der Waals surface area contributed by atoms with Crippen LogP contribution in [0.4, 0.5) is 0 Å². The highest BCUT2D eigenvalue weighted by Gasteiger charge is 2.24. The predicted molar refractivity (Wildman–Crippen MR) is 99.7 cm³/mol. The molecular weight excluding hydrogens is 332 g/mol. The number of fused-ring (bicyclic) bond motifs is 1. The van der Waals surface area contributed by atoms with Gasteiger partial charge in [-0.3, -0.25) is 4.79 Å². The minimum absolute atomic E-state index is 0.00470. The minimum Gasteiger partial charge on any atom is -0.497 e. The summed E-state index contributed by atoms with van der Waals surface area (Å²) in [6, 6.07) is 9.19. The molecule has 0 bridgehead atoms. The van der Waals surface area contributed by atoms with Crippen molar-refractivity contribution in [2.24, 2.45) is 0 Å². The van der Waals surface area contributed by atoms with Crippen molar-refractivity contribution < 1.29 is 23.7 Å². The maximum atomic E-state index is 13.0. The summed E-state index contributed by atoms with van der Waals surface area (Å²) in [4.78, 5) is 13.0. The summed E-state index contributed by atoms with van der Waals surface area (Å²) in [6.45, 7) is 0. The summed E-state index contributed by atoms with van der Waals surface area (Å²) in [7, 11) is 6.37. The highest BCUT2D eigenvalue weighted by Crippen LogP contribution is 2.36. The summed E-state index contributed by atoms with van der Waals surface area (Å²) in [5, 5.41) is 0. The lowest BCUT2D eigenvalue weighted by atomic mass is 9.85. The van der Waals surface area contributed by atoms with E-state index in [2.05, 4.69) is 0 Å². The molecule has 0 N–H and O–H groups in total. The Morgan fingerprint density at radius 3 is 2.15 bits per heavy atom. The van der Waals surface area contributed by atoms with Gasteiger partial charge < -0.3 is 18.9 Å². The van der Waals surface area contributed by atoms with Gasteiger partial charge in [0.15, 0.2) is 17.3 Å². The van der Waals surface area contributed by atoms with Gasteiger partial charge in [0.2, 0.25) is 0 Å². The number of carbonyl (C=O) groups is 1. The summed E-state index contributed by atoms with van der Waals surface area (Å²) in [6.07, 6.45) is 3.32. The van der Waals surface area contributed by atoms with Gasteiger partial charge in [0.25, 0.3) is 0 Å². The molecule has 0 amide bonds. The smallest absolute Gasteiger partial charge is 0.189 e. The number of ketones is 1. The fourth-order valence-corrected chi connectivity index (χ4v) is 3.16. The van der Waals surface area contributed by atoms with Gasteiger partial charge in [-0.1, -0.05) is 0 Å². The molecule has 0 aliphatic heterocycles. The molecule has 2 aromatic rings. The first-order valence-corrected chi connectivity index (χ1v) is 8.33. The van der Waals surface area contributed by atoms with Crippen LogP contribution in [-0.4, -0.2) is 34.2 Å². The summed E-state index contributed by atoms with van der Waals surface area (Å²) < 4.78 is 21.3. The molecular formula is C21H22O5. The van der Waals surface area contributed by atoms with Gasteiger partial charge in [-0.05, 0) is 48.7 Å². The SMILES string of the molecule is COc1ccc(/C=C2/CCc3cc(OC)c(OC)cc3C2=O)c(OC)c1. The van der Waals surface area contributed by atoms with Crippen molar-refractivity contribution in [2.45, 2.75) is 12.8 Å². The Balaban J connectivity index is 2.00. The number of carbonyl (C=O) groups excluding carboxylic acids is 1. The lowest BCUT2D eigenvalue weighted by Gasteiger charge is -2.20. The molecule has 0 spiro atoms. The van der Waals surface area contributed by atoms with Gasteiger partial charge in [-0.15, -0.1) is 0 Å². The van der Waals surface area contributed by atoms with Gasteiger partial charge >= 0.3 is 0 Å². The standard InChI is InChI=1S/C21H22O5/c1-23-16-8-7-14(18(11-16)24-2)9-15-6-5-13-10-19(25-3)20(26-4)12-17(13)21(15)22/h7-12H,5-6H2,1-4H3/b15-9-. The molecule has 1 aliphatic carbocycles. The van der Waals surface area contributed by atoms with Crippen LogP contribution >= 0.6 is 0 Å². The predicted octanol–water partition coefficient (Wildman–Crippen LogP) is 3.93. The summed E-state index contributed by atoms with van der Waals surface area (Å²) >= 11 is 0. The first kappa shape index (κ1) is 17.9. The first-order chi connectivity index (χ1) is 12.6. The first-order valence-electron chi connectivity index (χ1n) is 8.33. The van der Waals surface area contributed by atoms with Crippen LogP contribution in [0.1, 0.15) is 27.9 Å². The van der Waals surface area contributed by atoms with Crippen LogP contribution in [0.25, 0.3) is 6.08 Å². The molecule has 0 unspecified atom stereocenters. The second kappa shape index (κ2) is 7.52. The largest absolute Gasteiger partial charge is 0.497 e. The molecule has 0 saturated carbocycles. The Labute approximate surface area is 153 Å². The van der Waals surface area contributed by atoms with Crippen molar-refractivity contribution in [3.8, 4) is 23.0 Å². The van der Waals surface area contributed by atoms with E-state index in [4.69, 9.17) is 18.9 Å². The highest BCUT2D eigenvalue weighted by atomic mass is 16.5. The van der Waals surface area contributed by atoms with E-state index in [-0.39, 0.29) is 5.78 Å². The number of aryl methyl sites for hydroxylation is 1. The van der Waals surface area contributed by atoms with Crippen LogP contribution in [0, 0.1) is 0 Å². The van der Waals surface area contributed by atoms with Gasteiger partial charge in [-0.2, -0.15) is 0 Å². The Kier molecular flexibility index (Phi) is 5.16. The van der Waals surface area contributed by atoms with E-state index >= 15 is 0 Å². The quantitative estimate of drug-likeness (QED) is 0.762. The van der Waals surface area contributed by atoms with E-state index in [1.54, 1.807) is 34.5 Å². The van der Waals surface area contributed by atoms with Gasteiger partial charge in [0.05, 0.1) is 28.4 Å². The lowest BCUT2D eigenvalue weighted by molar-refractivity contribution is 0.102. The molecule has 5 heteroatoms. The number of rotatable bonds is 5. The van der Waals surface area contributed by atoms with Crippen LogP contribution in [0.2, 0.25) is 0 Å². The van der Waals surface area contributed by atoms with Crippen molar-refractivity contribution in [3.05, 3.63) is 52.6 Å². The fraction of sp³-hybridized carbons (Fsp3) is 0.286. The zero-order valence-electron chi connectivity index (χ0n) is 15.4. The third kappa shape index (κ3) is 3.25. The van der Waals surface area contributed by atoms with E-state index in [0.717, 1.165) is 23.1 Å². The zero-order valence-corrected chi connectivity index (χ0v) is 15.4. The molecule has 1 aliphatic rings. The molecule has 0 heterocycles. The van der Waals surface area contributed by atoms with Gasteiger partial charge in [0, 0.05) is 22.8 Å². The van der Waals surface area contributed by atoms with E-state index in [1.165, 1.54) is 0 Å². The molecule has 5 nitrogen and oxygen atoms in total. The molecule has 26 heavy (non-hydrogen) atoms. The number of methoxy groups -OCH3 is 4. The number of hydrogen-bond donors (Lipinski definition) is 0. The zero-order chi connectivity index (χ0) is 18.7. The monoisotopic (exact) mass is 354 g/mol. The molecule has 136 valence electrons. The van der Waals surface area contributed by atoms with E-state index in [1.807, 2.05) is 30.3 Å². The lowest BCUT2D eigenvalue weighted by Crippen LogP contribution is -2.14. The summed E-state index contributed by atoms with van der Waals surface area (Å²) in [5.74, 6) is 2.58. The number of Topliss-reactive ketones (excluding diaryl/α,β-unsaturated/α-hetero) is 1. The third-order valence-electron chi connectivity index (χ3n) is 4.58. The van der Waals surface area contributed by atoms with Crippen molar-refractivity contribution >= 4 is 11.9 Å². The molecule has 0 radical (unpaired) electrons. The van der Waals surface area contributed by atoms with Crippen LogP contribution in [0.3, 0.4) is 0 Å². The van der Waals surface area contributed by atoms with Gasteiger partial charge in [0.1, 0.15) is 11.5 Å². The number of hydrogen-bond acceptors (Lipinski definition) is 5. The molecule has 0 saturated heterocycles. The fourth-order valence-electron chi connectivity index (χ4n) is 3.16. The highest BCUT2D eigenvalue weighted by molar-refractivity contribution is 6.13. The van der Waals surface area contributed by atoms with Crippen molar-refractivity contribution in [3.63, 3.8) is 0 Å². The topological polar surface area (TPSA) is 54.0 Å². The number of ether oxygens (including phenoxy) is 4. The maximum absolute atomic E-state index is 13.0. The number of allylic oxidation sites excluding steroid dienone is 1.